The maximum absolute atomic E-state index is 14.0. The zero-order valence-electron chi connectivity index (χ0n) is 21.5. The van der Waals surface area contributed by atoms with E-state index in [0.29, 0.717) is 61.2 Å². The molecule has 0 radical (unpaired) electrons. The molecular formula is C31H21BrClFN2O4S. The van der Waals surface area contributed by atoms with Crippen LogP contribution in [0, 0.1) is 5.82 Å². The second kappa shape index (κ2) is 11.2. The van der Waals surface area contributed by atoms with E-state index < -0.39 is 11.9 Å². The Bertz CT molecular complexity index is 1730. The van der Waals surface area contributed by atoms with Gasteiger partial charge in [-0.25, -0.2) is 4.39 Å². The molecule has 4 aromatic carbocycles. The predicted molar refractivity (Wildman–Crippen MR) is 163 cm³/mol. The molecule has 0 fully saturated rings. The van der Waals surface area contributed by atoms with Crippen LogP contribution in [-0.2, 0) is 4.79 Å². The number of benzene rings is 4. The lowest BCUT2D eigenvalue weighted by molar-refractivity contribution is -0.113. The number of rotatable bonds is 6. The van der Waals surface area contributed by atoms with E-state index in [2.05, 4.69) is 21.2 Å². The summed E-state index contributed by atoms with van der Waals surface area (Å²) in [6, 6.07) is 23.3. The zero-order valence-corrected chi connectivity index (χ0v) is 24.6. The van der Waals surface area contributed by atoms with Gasteiger partial charge in [-0.15, -0.1) is 0 Å². The zero-order chi connectivity index (χ0) is 28.7. The monoisotopic (exact) mass is 650 g/mol. The summed E-state index contributed by atoms with van der Waals surface area (Å²) in [4.78, 5) is 15.3. The third-order valence-corrected chi connectivity index (χ3v) is 7.69. The second-order valence-electron chi connectivity index (χ2n) is 9.32. The summed E-state index contributed by atoms with van der Waals surface area (Å²) in [5.41, 5.74) is 2.86. The standard InChI is InChI=1S/C31H21BrClFN2O4S/c1-17(37)28-29(24-11-7-19(32)13-26(24)40-23-4-2-3-20(33)14-23)35-31(41)36(30(28)18-5-8-21(34)9-6-18)22-10-12-25-27(15-22)39-16-38-25/h2-15,29H,16H2,1H3,(H,35,41). The van der Waals surface area contributed by atoms with Crippen LogP contribution in [0.3, 0.4) is 0 Å². The van der Waals surface area contributed by atoms with E-state index in [1.165, 1.54) is 19.1 Å². The topological polar surface area (TPSA) is 60.0 Å². The van der Waals surface area contributed by atoms with Gasteiger partial charge in [-0.05, 0) is 91.4 Å². The number of Topliss-reactive ketones (excluding diaryl/α,β-unsaturated/α-hetero) is 1. The van der Waals surface area contributed by atoms with E-state index in [0.717, 1.165) is 4.47 Å². The molecular weight excluding hydrogens is 631 g/mol. The number of thiocarbonyl (C=S) groups is 1. The molecule has 1 unspecified atom stereocenters. The molecule has 6 rings (SSSR count). The van der Waals surface area contributed by atoms with Crippen LogP contribution in [0.5, 0.6) is 23.0 Å². The molecule has 1 atom stereocenters. The number of fused-ring (bicyclic) bond motifs is 1. The molecule has 0 amide bonds. The van der Waals surface area contributed by atoms with Crippen molar-refractivity contribution >= 4 is 62.0 Å². The van der Waals surface area contributed by atoms with Crippen LogP contribution in [0.15, 0.2) is 95.0 Å². The molecule has 4 aromatic rings. The Morgan fingerprint density at radius 1 is 1.05 bits per heavy atom. The van der Waals surface area contributed by atoms with E-state index in [1.807, 2.05) is 24.3 Å². The van der Waals surface area contributed by atoms with Gasteiger partial charge in [0.15, 0.2) is 22.4 Å². The first-order chi connectivity index (χ1) is 19.8. The Hall–Kier alpha value is -3.92. The van der Waals surface area contributed by atoms with Crippen molar-refractivity contribution in [1.29, 1.82) is 0 Å². The Labute approximate surface area is 254 Å². The minimum Gasteiger partial charge on any atom is -0.457 e. The van der Waals surface area contributed by atoms with Gasteiger partial charge in [-0.2, -0.15) is 0 Å². The molecule has 2 aliphatic rings. The van der Waals surface area contributed by atoms with Gasteiger partial charge >= 0.3 is 0 Å². The fraction of sp³-hybridized carbons (Fsp3) is 0.0968. The second-order valence-corrected chi connectivity index (χ2v) is 11.1. The van der Waals surface area contributed by atoms with Crippen molar-refractivity contribution in [3.8, 4) is 23.0 Å². The van der Waals surface area contributed by atoms with Gasteiger partial charge < -0.3 is 19.5 Å². The maximum atomic E-state index is 14.0. The highest BCUT2D eigenvalue weighted by Gasteiger charge is 2.37. The van der Waals surface area contributed by atoms with Gasteiger partial charge in [0.1, 0.15) is 17.3 Å². The van der Waals surface area contributed by atoms with Crippen LogP contribution in [0.4, 0.5) is 10.1 Å². The molecule has 2 heterocycles. The first-order valence-electron chi connectivity index (χ1n) is 12.5. The molecule has 0 saturated carbocycles. The summed E-state index contributed by atoms with van der Waals surface area (Å²) >= 11 is 15.7. The molecule has 0 aliphatic carbocycles. The van der Waals surface area contributed by atoms with Crippen LogP contribution in [-0.4, -0.2) is 17.7 Å². The highest BCUT2D eigenvalue weighted by molar-refractivity contribution is 9.10. The predicted octanol–water partition coefficient (Wildman–Crippen LogP) is 8.20. The number of ether oxygens (including phenoxy) is 3. The minimum atomic E-state index is -0.687. The van der Waals surface area contributed by atoms with Crippen LogP contribution >= 0.6 is 39.7 Å². The third kappa shape index (κ3) is 5.40. The van der Waals surface area contributed by atoms with Crippen LogP contribution < -0.4 is 24.4 Å². The number of ketones is 1. The van der Waals surface area contributed by atoms with Crippen LogP contribution in [0.2, 0.25) is 5.02 Å². The summed E-state index contributed by atoms with van der Waals surface area (Å²) < 4.78 is 32.2. The van der Waals surface area contributed by atoms with Crippen molar-refractivity contribution in [3.63, 3.8) is 0 Å². The van der Waals surface area contributed by atoms with Gasteiger partial charge in [0.05, 0.1) is 17.4 Å². The van der Waals surface area contributed by atoms with E-state index in [4.69, 9.17) is 38.0 Å². The molecule has 0 spiro atoms. The largest absolute Gasteiger partial charge is 0.457 e. The molecule has 41 heavy (non-hydrogen) atoms. The van der Waals surface area contributed by atoms with E-state index in [9.17, 15) is 9.18 Å². The summed E-state index contributed by atoms with van der Waals surface area (Å²) in [6.45, 7) is 1.61. The lowest BCUT2D eigenvalue weighted by Crippen LogP contribution is -2.47. The number of anilines is 1. The van der Waals surface area contributed by atoms with Crippen molar-refractivity contribution in [2.45, 2.75) is 13.0 Å². The maximum Gasteiger partial charge on any atom is 0.231 e. The molecule has 10 heteroatoms. The molecule has 0 bridgehead atoms. The number of carbonyl (C=O) groups is 1. The van der Waals surface area contributed by atoms with Gasteiger partial charge in [0.2, 0.25) is 6.79 Å². The smallest absolute Gasteiger partial charge is 0.231 e. The fourth-order valence-electron chi connectivity index (χ4n) is 4.88. The van der Waals surface area contributed by atoms with Gasteiger partial charge in [0.25, 0.3) is 0 Å². The highest BCUT2D eigenvalue weighted by Crippen LogP contribution is 2.45. The number of halogens is 3. The molecule has 0 saturated heterocycles. The lowest BCUT2D eigenvalue weighted by atomic mass is 9.89. The summed E-state index contributed by atoms with van der Waals surface area (Å²) in [6.07, 6.45) is 0. The molecule has 1 N–H and O–H groups in total. The van der Waals surface area contributed by atoms with Gasteiger partial charge in [-0.1, -0.05) is 39.7 Å². The van der Waals surface area contributed by atoms with Gasteiger partial charge in [-0.3, -0.25) is 9.69 Å². The van der Waals surface area contributed by atoms with Crippen molar-refractivity contribution in [2.75, 3.05) is 11.7 Å². The number of hydrogen-bond acceptors (Lipinski definition) is 5. The quantitative estimate of drug-likeness (QED) is 0.211. The molecule has 206 valence electrons. The van der Waals surface area contributed by atoms with Crippen molar-refractivity contribution in [2.24, 2.45) is 0 Å². The summed E-state index contributed by atoms with van der Waals surface area (Å²) in [5, 5.41) is 4.21. The summed E-state index contributed by atoms with van der Waals surface area (Å²) in [7, 11) is 0. The third-order valence-electron chi connectivity index (χ3n) is 6.66. The normalized spacial score (nSPS) is 16.0. The number of nitrogens with zero attached hydrogens (tertiary/aromatic N) is 1. The van der Waals surface area contributed by atoms with Crippen LogP contribution in [0.1, 0.15) is 24.1 Å². The summed E-state index contributed by atoms with van der Waals surface area (Å²) in [5.74, 6) is 1.60. The molecule has 2 aliphatic heterocycles. The van der Waals surface area contributed by atoms with Crippen LogP contribution in [0.25, 0.3) is 5.70 Å². The Morgan fingerprint density at radius 3 is 2.59 bits per heavy atom. The lowest BCUT2D eigenvalue weighted by Gasteiger charge is -2.39. The average Bonchev–Trinajstić information content (AvgIpc) is 3.41. The number of nitrogens with one attached hydrogen (secondary N) is 1. The van der Waals surface area contributed by atoms with E-state index in [-0.39, 0.29) is 12.6 Å². The fourth-order valence-corrected chi connectivity index (χ4v) is 5.71. The number of carbonyl (C=O) groups excluding carboxylic acids is 1. The minimum absolute atomic E-state index is 0.113. The SMILES string of the molecule is CC(=O)C1=C(c2ccc(F)cc2)N(c2ccc3c(c2)OCO3)C(=S)NC1c1ccc(Br)cc1Oc1cccc(Cl)c1. The van der Waals surface area contributed by atoms with E-state index in [1.54, 1.807) is 53.4 Å². The van der Waals surface area contributed by atoms with Crippen molar-refractivity contribution in [1.82, 2.24) is 5.32 Å². The molecule has 0 aromatic heterocycles. The first-order valence-corrected chi connectivity index (χ1v) is 14.1. The van der Waals surface area contributed by atoms with E-state index >= 15 is 0 Å². The van der Waals surface area contributed by atoms with Crippen molar-refractivity contribution < 1.29 is 23.4 Å². The Balaban J connectivity index is 1.55. The number of hydrogen-bond donors (Lipinski definition) is 1. The average molecular weight is 652 g/mol. The first kappa shape index (κ1) is 27.3. The highest BCUT2D eigenvalue weighted by atomic mass is 79.9. The van der Waals surface area contributed by atoms with Crippen molar-refractivity contribution in [3.05, 3.63) is 117 Å². The molecule has 6 nitrogen and oxygen atoms in total. The Morgan fingerprint density at radius 2 is 1.83 bits per heavy atom. The van der Waals surface area contributed by atoms with Gasteiger partial charge in [0, 0.05) is 26.7 Å². The Kier molecular flexibility index (Phi) is 7.42.